The van der Waals surface area contributed by atoms with Crippen LogP contribution in [-0.2, 0) is 6.42 Å². The molecule has 0 saturated heterocycles. The van der Waals surface area contributed by atoms with Crippen LogP contribution in [0.2, 0.25) is 0 Å². The molecular weight excluding hydrogens is 240 g/mol. The second-order valence-corrected chi connectivity index (χ2v) is 5.43. The first-order valence-electron chi connectivity index (χ1n) is 7.22. The number of aromatic hydroxyl groups is 2. The van der Waals surface area contributed by atoms with Crippen LogP contribution in [0.4, 0.5) is 0 Å². The molecule has 0 unspecified atom stereocenters. The van der Waals surface area contributed by atoms with Crippen molar-refractivity contribution in [1.29, 1.82) is 0 Å². The Labute approximate surface area is 116 Å². The number of phenolic OH excluding ortho intramolecular Hbond substituents is 2. The van der Waals surface area contributed by atoms with Gasteiger partial charge < -0.3 is 14.9 Å². The number of unbranched alkanes of at least 4 members (excludes halogenated alkanes) is 2. The number of hydrogen-bond acceptors (Lipinski definition) is 3. The van der Waals surface area contributed by atoms with E-state index in [2.05, 4.69) is 20.8 Å². The molecule has 0 saturated carbocycles. The Morgan fingerprint density at radius 2 is 1.89 bits per heavy atom. The van der Waals surface area contributed by atoms with E-state index < -0.39 is 0 Å². The van der Waals surface area contributed by atoms with Gasteiger partial charge >= 0.3 is 0 Å². The highest BCUT2D eigenvalue weighted by molar-refractivity contribution is 5.49. The third-order valence-electron chi connectivity index (χ3n) is 3.15. The zero-order valence-corrected chi connectivity index (χ0v) is 12.3. The molecule has 1 aromatic carbocycles. The van der Waals surface area contributed by atoms with Gasteiger partial charge in [-0.05, 0) is 25.2 Å². The van der Waals surface area contributed by atoms with Crippen LogP contribution in [0.25, 0.3) is 0 Å². The fourth-order valence-corrected chi connectivity index (χ4v) is 1.96. The summed E-state index contributed by atoms with van der Waals surface area (Å²) in [5.41, 5.74) is 0.808. The molecule has 0 heterocycles. The highest BCUT2D eigenvalue weighted by atomic mass is 16.5. The SMILES string of the molecule is CCCCCOc1cc(O)cc(O)c1CCC(C)C. The van der Waals surface area contributed by atoms with E-state index in [1.165, 1.54) is 6.07 Å². The molecule has 0 aromatic heterocycles. The predicted octanol–water partition coefficient (Wildman–Crippen LogP) is 4.26. The molecule has 1 rings (SSSR count). The first-order valence-corrected chi connectivity index (χ1v) is 7.22. The second kappa shape index (κ2) is 7.93. The van der Waals surface area contributed by atoms with Gasteiger partial charge in [-0.1, -0.05) is 33.6 Å². The minimum absolute atomic E-state index is 0.0521. The van der Waals surface area contributed by atoms with Crippen molar-refractivity contribution in [3.8, 4) is 17.2 Å². The van der Waals surface area contributed by atoms with Gasteiger partial charge in [0.1, 0.15) is 17.2 Å². The van der Waals surface area contributed by atoms with Crippen LogP contribution in [-0.4, -0.2) is 16.8 Å². The van der Waals surface area contributed by atoms with E-state index in [-0.39, 0.29) is 11.5 Å². The van der Waals surface area contributed by atoms with Gasteiger partial charge in [0.05, 0.1) is 6.61 Å². The van der Waals surface area contributed by atoms with E-state index in [1.807, 2.05) is 0 Å². The molecule has 3 nitrogen and oxygen atoms in total. The lowest BCUT2D eigenvalue weighted by Gasteiger charge is -2.14. The van der Waals surface area contributed by atoms with E-state index in [0.29, 0.717) is 18.3 Å². The molecule has 1 aromatic rings. The Morgan fingerprint density at radius 1 is 1.16 bits per heavy atom. The van der Waals surface area contributed by atoms with Crippen LogP contribution in [0, 0.1) is 5.92 Å². The lowest BCUT2D eigenvalue weighted by molar-refractivity contribution is 0.298. The first kappa shape index (κ1) is 15.7. The molecule has 0 aliphatic rings. The number of hydrogen-bond donors (Lipinski definition) is 2. The topological polar surface area (TPSA) is 49.7 Å². The van der Waals surface area contributed by atoms with Crippen molar-refractivity contribution in [2.75, 3.05) is 6.61 Å². The number of ether oxygens (including phenoxy) is 1. The molecule has 0 amide bonds. The molecule has 0 radical (unpaired) electrons. The van der Waals surface area contributed by atoms with Crippen LogP contribution in [0.5, 0.6) is 17.2 Å². The smallest absolute Gasteiger partial charge is 0.129 e. The molecule has 0 aliphatic heterocycles. The number of phenols is 2. The Balaban J connectivity index is 2.74. The van der Waals surface area contributed by atoms with Gasteiger partial charge in [-0.15, -0.1) is 0 Å². The zero-order valence-electron chi connectivity index (χ0n) is 12.3. The largest absolute Gasteiger partial charge is 0.508 e. The lowest BCUT2D eigenvalue weighted by Crippen LogP contribution is -2.02. The van der Waals surface area contributed by atoms with E-state index in [0.717, 1.165) is 37.7 Å². The van der Waals surface area contributed by atoms with Crippen LogP contribution < -0.4 is 4.74 Å². The van der Waals surface area contributed by atoms with Gasteiger partial charge in [-0.25, -0.2) is 0 Å². The molecule has 3 heteroatoms. The quantitative estimate of drug-likeness (QED) is 0.691. The van der Waals surface area contributed by atoms with Crippen LogP contribution in [0.1, 0.15) is 52.0 Å². The Morgan fingerprint density at radius 3 is 2.53 bits per heavy atom. The van der Waals surface area contributed by atoms with Gasteiger partial charge in [-0.2, -0.15) is 0 Å². The third-order valence-corrected chi connectivity index (χ3v) is 3.15. The van der Waals surface area contributed by atoms with Gasteiger partial charge in [0.15, 0.2) is 0 Å². The summed E-state index contributed by atoms with van der Waals surface area (Å²) in [5, 5.41) is 19.5. The summed E-state index contributed by atoms with van der Waals surface area (Å²) in [4.78, 5) is 0. The molecule has 108 valence electrons. The van der Waals surface area contributed by atoms with Crippen molar-refractivity contribution < 1.29 is 14.9 Å². The Kier molecular flexibility index (Phi) is 6.54. The van der Waals surface area contributed by atoms with E-state index in [1.54, 1.807) is 6.07 Å². The van der Waals surface area contributed by atoms with Crippen molar-refractivity contribution in [1.82, 2.24) is 0 Å². The molecule has 19 heavy (non-hydrogen) atoms. The van der Waals surface area contributed by atoms with Crippen LogP contribution in [0.15, 0.2) is 12.1 Å². The Bertz CT molecular complexity index is 386. The summed E-state index contributed by atoms with van der Waals surface area (Å²) < 4.78 is 5.71. The first-order chi connectivity index (χ1) is 9.04. The average molecular weight is 266 g/mol. The average Bonchev–Trinajstić information content (AvgIpc) is 2.33. The maximum atomic E-state index is 9.95. The molecule has 0 spiro atoms. The maximum Gasteiger partial charge on any atom is 0.129 e. The van der Waals surface area contributed by atoms with Crippen LogP contribution >= 0.6 is 0 Å². The summed E-state index contributed by atoms with van der Waals surface area (Å²) in [5.74, 6) is 1.37. The van der Waals surface area contributed by atoms with E-state index in [4.69, 9.17) is 4.74 Å². The highest BCUT2D eigenvalue weighted by Gasteiger charge is 2.12. The molecule has 0 fully saturated rings. The summed E-state index contributed by atoms with van der Waals surface area (Å²) >= 11 is 0. The van der Waals surface area contributed by atoms with Crippen molar-refractivity contribution in [3.05, 3.63) is 17.7 Å². The summed E-state index contributed by atoms with van der Waals surface area (Å²) in [6.45, 7) is 7.08. The summed E-state index contributed by atoms with van der Waals surface area (Å²) in [6.07, 6.45) is 5.04. The Hall–Kier alpha value is -1.38. The van der Waals surface area contributed by atoms with Crippen molar-refractivity contribution in [2.24, 2.45) is 5.92 Å². The number of rotatable bonds is 8. The summed E-state index contributed by atoms with van der Waals surface area (Å²) in [6, 6.07) is 2.98. The fourth-order valence-electron chi connectivity index (χ4n) is 1.96. The van der Waals surface area contributed by atoms with Gasteiger partial charge in [-0.3, -0.25) is 0 Å². The lowest BCUT2D eigenvalue weighted by atomic mass is 10.0. The maximum absolute atomic E-state index is 9.95. The van der Waals surface area contributed by atoms with E-state index >= 15 is 0 Å². The molecule has 0 aliphatic carbocycles. The predicted molar refractivity (Wildman–Crippen MR) is 78.0 cm³/mol. The van der Waals surface area contributed by atoms with Crippen LogP contribution in [0.3, 0.4) is 0 Å². The molecule has 0 bridgehead atoms. The van der Waals surface area contributed by atoms with Crippen molar-refractivity contribution in [3.63, 3.8) is 0 Å². The van der Waals surface area contributed by atoms with Gasteiger partial charge in [0.25, 0.3) is 0 Å². The van der Waals surface area contributed by atoms with Gasteiger partial charge in [0, 0.05) is 17.7 Å². The molecular formula is C16H26O3. The van der Waals surface area contributed by atoms with Gasteiger partial charge in [0.2, 0.25) is 0 Å². The number of benzene rings is 1. The zero-order chi connectivity index (χ0) is 14.3. The molecule has 2 N–H and O–H groups in total. The third kappa shape index (κ3) is 5.41. The minimum Gasteiger partial charge on any atom is -0.508 e. The fraction of sp³-hybridized carbons (Fsp3) is 0.625. The highest BCUT2D eigenvalue weighted by Crippen LogP contribution is 2.34. The second-order valence-electron chi connectivity index (χ2n) is 5.43. The minimum atomic E-state index is 0.0521. The molecule has 0 atom stereocenters. The standard InChI is InChI=1S/C16H26O3/c1-4-5-6-9-19-16-11-13(17)10-15(18)14(16)8-7-12(2)3/h10-12,17-18H,4-9H2,1-3H3. The van der Waals surface area contributed by atoms with Crippen molar-refractivity contribution >= 4 is 0 Å². The summed E-state index contributed by atoms with van der Waals surface area (Å²) in [7, 11) is 0. The monoisotopic (exact) mass is 266 g/mol. The normalized spacial score (nSPS) is 10.9. The van der Waals surface area contributed by atoms with E-state index in [9.17, 15) is 10.2 Å². The van der Waals surface area contributed by atoms with Crippen molar-refractivity contribution in [2.45, 2.75) is 52.9 Å².